The summed E-state index contributed by atoms with van der Waals surface area (Å²) in [5, 5.41) is 8.57. The molecule has 1 amide bonds. The van der Waals surface area contributed by atoms with Crippen LogP contribution in [0.25, 0.3) is 0 Å². The van der Waals surface area contributed by atoms with Gasteiger partial charge in [0.05, 0.1) is 11.6 Å². The predicted molar refractivity (Wildman–Crippen MR) is 52.8 cm³/mol. The lowest BCUT2D eigenvalue weighted by atomic mass is 10.4. The highest BCUT2D eigenvalue weighted by atomic mass is 32.1. The molecule has 0 atom stereocenters. The Morgan fingerprint density at radius 1 is 1.69 bits per heavy atom. The van der Waals surface area contributed by atoms with Crippen LogP contribution in [0.5, 0.6) is 0 Å². The fourth-order valence-corrected chi connectivity index (χ4v) is 1.53. The molecule has 0 unspecified atom stereocenters. The van der Waals surface area contributed by atoms with E-state index in [9.17, 15) is 4.79 Å². The van der Waals surface area contributed by atoms with E-state index in [4.69, 9.17) is 0 Å². The van der Waals surface area contributed by atoms with Crippen LogP contribution in [-0.2, 0) is 11.2 Å². The average Bonchev–Trinajstić information content (AvgIpc) is 2.57. The molecule has 13 heavy (non-hydrogen) atoms. The summed E-state index contributed by atoms with van der Waals surface area (Å²) < 4.78 is 0. The third kappa shape index (κ3) is 4.00. The zero-order valence-corrected chi connectivity index (χ0v) is 8.36. The Balaban J connectivity index is 2.11. The van der Waals surface area contributed by atoms with Crippen LogP contribution in [0.1, 0.15) is 5.01 Å². The number of aromatic nitrogens is 1. The smallest absolute Gasteiger partial charge is 0.233 e. The van der Waals surface area contributed by atoms with E-state index in [2.05, 4.69) is 15.6 Å². The molecule has 0 saturated carbocycles. The Morgan fingerprint density at radius 2 is 2.54 bits per heavy atom. The lowest BCUT2D eigenvalue weighted by molar-refractivity contribution is -0.120. The second-order valence-electron chi connectivity index (χ2n) is 2.56. The maximum Gasteiger partial charge on any atom is 0.233 e. The molecule has 0 aliphatic carbocycles. The van der Waals surface area contributed by atoms with Gasteiger partial charge in [0.25, 0.3) is 0 Å². The van der Waals surface area contributed by atoms with Gasteiger partial charge in [0.1, 0.15) is 0 Å². The van der Waals surface area contributed by atoms with Gasteiger partial charge in [-0.15, -0.1) is 11.3 Å². The molecule has 1 aromatic rings. The van der Waals surface area contributed by atoms with Crippen molar-refractivity contribution in [2.45, 2.75) is 6.42 Å². The van der Waals surface area contributed by atoms with Crippen LogP contribution >= 0.6 is 11.3 Å². The molecule has 0 bridgehead atoms. The van der Waals surface area contributed by atoms with E-state index in [0.29, 0.717) is 13.1 Å². The molecular weight excluding hydrogens is 186 g/mol. The minimum atomic E-state index is 0.0269. The van der Waals surface area contributed by atoms with Crippen molar-refractivity contribution in [3.63, 3.8) is 0 Å². The molecule has 2 N–H and O–H groups in total. The van der Waals surface area contributed by atoms with E-state index in [1.165, 1.54) is 0 Å². The van der Waals surface area contributed by atoms with Crippen molar-refractivity contribution in [3.05, 3.63) is 16.6 Å². The summed E-state index contributed by atoms with van der Waals surface area (Å²) in [4.78, 5) is 15.1. The van der Waals surface area contributed by atoms with Crippen molar-refractivity contribution in [2.75, 3.05) is 20.1 Å². The van der Waals surface area contributed by atoms with E-state index in [0.717, 1.165) is 11.4 Å². The molecule has 1 aromatic heterocycles. The SMILES string of the molecule is CNCC(=O)NCCc1nccs1. The van der Waals surface area contributed by atoms with E-state index < -0.39 is 0 Å². The number of nitrogens with one attached hydrogen (secondary N) is 2. The lowest BCUT2D eigenvalue weighted by Crippen LogP contribution is -2.33. The first-order valence-corrected chi connectivity index (χ1v) is 5.00. The molecule has 1 heterocycles. The molecule has 0 spiro atoms. The largest absolute Gasteiger partial charge is 0.355 e. The number of carbonyl (C=O) groups is 1. The third-order valence-corrected chi connectivity index (χ3v) is 2.32. The summed E-state index contributed by atoms with van der Waals surface area (Å²) in [7, 11) is 1.75. The van der Waals surface area contributed by atoms with Gasteiger partial charge in [0.2, 0.25) is 5.91 Å². The minimum absolute atomic E-state index is 0.0269. The Bertz CT molecular complexity index is 248. The van der Waals surface area contributed by atoms with Gasteiger partial charge in [-0.25, -0.2) is 4.98 Å². The van der Waals surface area contributed by atoms with Crippen molar-refractivity contribution >= 4 is 17.2 Å². The molecular formula is C8H13N3OS. The highest BCUT2D eigenvalue weighted by Gasteiger charge is 1.99. The summed E-state index contributed by atoms with van der Waals surface area (Å²) in [6, 6.07) is 0. The van der Waals surface area contributed by atoms with Crippen molar-refractivity contribution in [3.8, 4) is 0 Å². The van der Waals surface area contributed by atoms with Gasteiger partial charge in [-0.3, -0.25) is 4.79 Å². The van der Waals surface area contributed by atoms with Crippen LogP contribution in [-0.4, -0.2) is 31.0 Å². The molecule has 0 radical (unpaired) electrons. The Morgan fingerprint density at radius 3 is 3.15 bits per heavy atom. The number of carbonyl (C=O) groups excluding carboxylic acids is 1. The zero-order chi connectivity index (χ0) is 9.52. The molecule has 0 fully saturated rings. The summed E-state index contributed by atoms with van der Waals surface area (Å²) in [5.74, 6) is 0.0269. The quantitative estimate of drug-likeness (QED) is 0.703. The van der Waals surface area contributed by atoms with Crippen LogP contribution < -0.4 is 10.6 Å². The average molecular weight is 199 g/mol. The highest BCUT2D eigenvalue weighted by Crippen LogP contribution is 2.03. The van der Waals surface area contributed by atoms with Gasteiger partial charge in [-0.05, 0) is 7.05 Å². The van der Waals surface area contributed by atoms with Crippen LogP contribution in [0.2, 0.25) is 0 Å². The van der Waals surface area contributed by atoms with E-state index in [1.54, 1.807) is 24.6 Å². The fourth-order valence-electron chi connectivity index (χ4n) is 0.908. The maximum absolute atomic E-state index is 11.0. The van der Waals surface area contributed by atoms with Crippen LogP contribution in [0, 0.1) is 0 Å². The summed E-state index contributed by atoms with van der Waals surface area (Å²) in [6.07, 6.45) is 2.59. The van der Waals surface area contributed by atoms with Gasteiger partial charge < -0.3 is 10.6 Å². The number of thiazole rings is 1. The molecule has 0 aliphatic heterocycles. The Labute approximate surface area is 81.4 Å². The Hall–Kier alpha value is -0.940. The summed E-state index contributed by atoms with van der Waals surface area (Å²) in [6.45, 7) is 1.03. The fraction of sp³-hybridized carbons (Fsp3) is 0.500. The molecule has 5 heteroatoms. The van der Waals surface area contributed by atoms with Gasteiger partial charge >= 0.3 is 0 Å². The van der Waals surface area contributed by atoms with E-state index >= 15 is 0 Å². The van der Waals surface area contributed by atoms with E-state index in [-0.39, 0.29) is 5.91 Å². The number of nitrogens with zero attached hydrogens (tertiary/aromatic N) is 1. The predicted octanol–water partition coefficient (Wildman–Crippen LogP) is 0.0212. The molecule has 0 aliphatic rings. The van der Waals surface area contributed by atoms with Crippen molar-refractivity contribution in [2.24, 2.45) is 0 Å². The monoisotopic (exact) mass is 199 g/mol. The van der Waals surface area contributed by atoms with Crippen LogP contribution in [0.3, 0.4) is 0 Å². The van der Waals surface area contributed by atoms with Gasteiger partial charge in [-0.1, -0.05) is 0 Å². The van der Waals surface area contributed by atoms with Gasteiger partial charge in [-0.2, -0.15) is 0 Å². The maximum atomic E-state index is 11.0. The normalized spacial score (nSPS) is 9.92. The molecule has 4 nitrogen and oxygen atoms in total. The zero-order valence-electron chi connectivity index (χ0n) is 7.54. The first-order chi connectivity index (χ1) is 6.33. The molecule has 72 valence electrons. The summed E-state index contributed by atoms with van der Waals surface area (Å²) in [5.41, 5.74) is 0. The van der Waals surface area contributed by atoms with Crippen molar-refractivity contribution in [1.29, 1.82) is 0 Å². The van der Waals surface area contributed by atoms with Crippen molar-refractivity contribution in [1.82, 2.24) is 15.6 Å². The molecule has 0 aromatic carbocycles. The number of hydrogen-bond acceptors (Lipinski definition) is 4. The highest BCUT2D eigenvalue weighted by molar-refractivity contribution is 7.09. The van der Waals surface area contributed by atoms with Crippen molar-refractivity contribution < 1.29 is 4.79 Å². The standard InChI is InChI=1S/C8H13N3OS/c1-9-6-7(12)10-3-2-8-11-4-5-13-8/h4-5,9H,2-3,6H2,1H3,(H,10,12). The third-order valence-electron chi connectivity index (χ3n) is 1.48. The summed E-state index contributed by atoms with van der Waals surface area (Å²) >= 11 is 1.61. The first-order valence-electron chi connectivity index (χ1n) is 4.12. The van der Waals surface area contributed by atoms with Crippen LogP contribution in [0.4, 0.5) is 0 Å². The molecule has 0 saturated heterocycles. The Kier molecular flexibility index (Phi) is 4.42. The number of rotatable bonds is 5. The number of amides is 1. The van der Waals surface area contributed by atoms with Gasteiger partial charge in [0, 0.05) is 24.5 Å². The second kappa shape index (κ2) is 5.66. The number of likely N-dealkylation sites (N-methyl/N-ethyl adjacent to an activating group) is 1. The first kappa shape index (κ1) is 10.1. The molecule has 1 rings (SSSR count). The van der Waals surface area contributed by atoms with E-state index in [1.807, 2.05) is 5.38 Å². The number of hydrogen-bond donors (Lipinski definition) is 2. The topological polar surface area (TPSA) is 54.0 Å². The van der Waals surface area contributed by atoms with Gasteiger partial charge in [0.15, 0.2) is 0 Å². The van der Waals surface area contributed by atoms with Crippen LogP contribution in [0.15, 0.2) is 11.6 Å². The lowest BCUT2D eigenvalue weighted by Gasteiger charge is -2.02. The minimum Gasteiger partial charge on any atom is -0.355 e. The second-order valence-corrected chi connectivity index (χ2v) is 3.54.